The fraction of sp³-hybridized carbons (Fsp3) is 0.846. The molecule has 0 unspecified atom stereocenters. The molecule has 0 radical (unpaired) electrons. The molecule has 2 aliphatic heterocycles. The Balaban J connectivity index is 1.82. The van der Waals surface area contributed by atoms with Crippen LogP contribution >= 0.6 is 0 Å². The zero-order valence-electron chi connectivity index (χ0n) is 11.0. The Morgan fingerprint density at radius 2 is 1.94 bits per heavy atom. The second-order valence-corrected chi connectivity index (χ2v) is 5.68. The van der Waals surface area contributed by atoms with E-state index in [0.717, 1.165) is 39.0 Å². The lowest BCUT2D eigenvalue weighted by Gasteiger charge is -2.33. The highest BCUT2D eigenvalue weighted by Gasteiger charge is 2.34. The summed E-state index contributed by atoms with van der Waals surface area (Å²) in [6.07, 6.45) is 2.27. The minimum atomic E-state index is -0.228. The van der Waals surface area contributed by atoms with Gasteiger partial charge in [0.05, 0.1) is 5.92 Å². The van der Waals surface area contributed by atoms with Crippen LogP contribution in [-0.4, -0.2) is 42.9 Å². The number of piperidine rings is 1. The normalized spacial score (nSPS) is 29.5. The van der Waals surface area contributed by atoms with Crippen molar-refractivity contribution in [2.45, 2.75) is 26.2 Å². The van der Waals surface area contributed by atoms with Crippen LogP contribution in [0.15, 0.2) is 0 Å². The van der Waals surface area contributed by atoms with E-state index >= 15 is 0 Å². The van der Waals surface area contributed by atoms with Gasteiger partial charge in [-0.1, -0.05) is 6.92 Å². The number of hydrogen-bond donors (Lipinski definition) is 2. The molecule has 5 nitrogen and oxygen atoms in total. The van der Waals surface area contributed by atoms with Crippen LogP contribution in [0.5, 0.6) is 0 Å². The summed E-state index contributed by atoms with van der Waals surface area (Å²) in [5, 5.41) is 3.27. The third-order valence-electron chi connectivity index (χ3n) is 4.25. The van der Waals surface area contributed by atoms with Gasteiger partial charge < -0.3 is 16.0 Å². The molecule has 0 aromatic heterocycles. The van der Waals surface area contributed by atoms with Crippen LogP contribution in [0.25, 0.3) is 0 Å². The molecule has 2 atom stereocenters. The van der Waals surface area contributed by atoms with E-state index < -0.39 is 0 Å². The van der Waals surface area contributed by atoms with Crippen molar-refractivity contribution in [3.05, 3.63) is 0 Å². The van der Waals surface area contributed by atoms with E-state index in [1.165, 1.54) is 0 Å². The van der Waals surface area contributed by atoms with Gasteiger partial charge in [0.25, 0.3) is 0 Å². The van der Waals surface area contributed by atoms with Crippen molar-refractivity contribution in [2.75, 3.05) is 26.2 Å². The van der Waals surface area contributed by atoms with Crippen molar-refractivity contribution < 1.29 is 9.59 Å². The Kier molecular flexibility index (Phi) is 4.22. The van der Waals surface area contributed by atoms with E-state index in [9.17, 15) is 9.59 Å². The molecular weight excluding hydrogens is 230 g/mol. The number of rotatable bonds is 3. The Bertz CT molecular complexity index is 324. The van der Waals surface area contributed by atoms with Crippen LogP contribution in [0.1, 0.15) is 26.2 Å². The van der Waals surface area contributed by atoms with Crippen LogP contribution in [-0.2, 0) is 9.59 Å². The zero-order valence-corrected chi connectivity index (χ0v) is 11.0. The van der Waals surface area contributed by atoms with Crippen LogP contribution in [0.2, 0.25) is 0 Å². The monoisotopic (exact) mass is 253 g/mol. The predicted octanol–water partition coefficient (Wildman–Crippen LogP) is -0.0441. The Morgan fingerprint density at radius 1 is 1.28 bits per heavy atom. The third kappa shape index (κ3) is 3.02. The summed E-state index contributed by atoms with van der Waals surface area (Å²) < 4.78 is 0. The highest BCUT2D eigenvalue weighted by molar-refractivity contribution is 5.80. The van der Waals surface area contributed by atoms with Crippen LogP contribution in [0, 0.1) is 17.8 Å². The van der Waals surface area contributed by atoms with Crippen molar-refractivity contribution in [1.82, 2.24) is 10.2 Å². The minimum Gasteiger partial charge on any atom is -0.370 e. The third-order valence-corrected chi connectivity index (χ3v) is 4.25. The number of nitrogens with two attached hydrogens (primary N) is 1. The first-order valence-electron chi connectivity index (χ1n) is 6.85. The molecule has 0 aromatic rings. The van der Waals surface area contributed by atoms with Gasteiger partial charge in [0.2, 0.25) is 11.8 Å². The van der Waals surface area contributed by atoms with E-state index in [4.69, 9.17) is 5.73 Å². The molecular formula is C13H23N3O2. The number of carbonyl (C=O) groups excluding carboxylic acids is 2. The van der Waals surface area contributed by atoms with Gasteiger partial charge in [-0.05, 0) is 31.2 Å². The average molecular weight is 253 g/mol. The smallest absolute Gasteiger partial charge is 0.227 e. The zero-order chi connectivity index (χ0) is 13.1. The van der Waals surface area contributed by atoms with Crippen molar-refractivity contribution in [2.24, 2.45) is 23.5 Å². The van der Waals surface area contributed by atoms with Crippen molar-refractivity contribution in [1.29, 1.82) is 0 Å². The van der Waals surface area contributed by atoms with Crippen LogP contribution in [0.3, 0.4) is 0 Å². The standard InChI is InChI=1S/C13H23N3O2/c1-9-7-15-8-11(9)13(18)16-4-2-10(3-5-16)6-12(14)17/h9-11,15H,2-8H2,1H3,(H2,14,17)/t9-,11-/m1/s1. The number of hydrogen-bond acceptors (Lipinski definition) is 3. The fourth-order valence-corrected chi connectivity index (χ4v) is 3.02. The van der Waals surface area contributed by atoms with Gasteiger partial charge in [-0.3, -0.25) is 9.59 Å². The first kappa shape index (κ1) is 13.3. The maximum Gasteiger partial charge on any atom is 0.227 e. The van der Waals surface area contributed by atoms with Crippen molar-refractivity contribution in [3.8, 4) is 0 Å². The first-order chi connectivity index (χ1) is 8.58. The average Bonchev–Trinajstić information content (AvgIpc) is 2.75. The molecule has 2 saturated heterocycles. The van der Waals surface area contributed by atoms with Gasteiger partial charge in [0, 0.05) is 26.1 Å². The number of nitrogens with zero attached hydrogens (tertiary/aromatic N) is 1. The topological polar surface area (TPSA) is 75.4 Å². The number of primary amides is 1. The highest BCUT2D eigenvalue weighted by atomic mass is 16.2. The second kappa shape index (κ2) is 5.69. The molecule has 2 aliphatic rings. The van der Waals surface area contributed by atoms with Gasteiger partial charge in [-0.25, -0.2) is 0 Å². The molecule has 5 heteroatoms. The van der Waals surface area contributed by atoms with Gasteiger partial charge in [0.15, 0.2) is 0 Å². The van der Waals surface area contributed by atoms with E-state index in [2.05, 4.69) is 12.2 Å². The van der Waals surface area contributed by atoms with Crippen molar-refractivity contribution >= 4 is 11.8 Å². The van der Waals surface area contributed by atoms with Crippen molar-refractivity contribution in [3.63, 3.8) is 0 Å². The molecule has 18 heavy (non-hydrogen) atoms. The van der Waals surface area contributed by atoms with Gasteiger partial charge in [-0.15, -0.1) is 0 Å². The minimum absolute atomic E-state index is 0.137. The molecule has 0 bridgehead atoms. The maximum atomic E-state index is 12.3. The Hall–Kier alpha value is -1.10. The summed E-state index contributed by atoms with van der Waals surface area (Å²) in [6.45, 7) is 5.43. The van der Waals surface area contributed by atoms with Gasteiger partial charge in [0.1, 0.15) is 0 Å². The molecule has 0 aromatic carbocycles. The summed E-state index contributed by atoms with van der Waals surface area (Å²) in [6, 6.07) is 0. The molecule has 3 N–H and O–H groups in total. The van der Waals surface area contributed by atoms with Crippen LogP contribution in [0.4, 0.5) is 0 Å². The van der Waals surface area contributed by atoms with Gasteiger partial charge in [-0.2, -0.15) is 0 Å². The SMILES string of the molecule is C[C@@H]1CNC[C@H]1C(=O)N1CCC(CC(N)=O)CC1. The molecule has 2 rings (SSSR count). The summed E-state index contributed by atoms with van der Waals surface area (Å²) in [5.74, 6) is 0.989. The molecule has 2 fully saturated rings. The van der Waals surface area contributed by atoms with E-state index in [1.54, 1.807) is 0 Å². The number of nitrogens with one attached hydrogen (secondary N) is 1. The van der Waals surface area contributed by atoms with E-state index in [0.29, 0.717) is 18.3 Å². The molecule has 0 saturated carbocycles. The lowest BCUT2D eigenvalue weighted by Crippen LogP contribution is -2.44. The number of amides is 2. The predicted molar refractivity (Wildman–Crippen MR) is 68.6 cm³/mol. The summed E-state index contributed by atoms with van der Waals surface area (Å²) in [5.41, 5.74) is 5.21. The maximum absolute atomic E-state index is 12.3. The Labute approximate surface area is 108 Å². The summed E-state index contributed by atoms with van der Waals surface area (Å²) in [7, 11) is 0. The molecule has 2 amide bonds. The van der Waals surface area contributed by atoms with Gasteiger partial charge >= 0.3 is 0 Å². The molecule has 0 aliphatic carbocycles. The number of carbonyl (C=O) groups is 2. The largest absolute Gasteiger partial charge is 0.370 e. The molecule has 102 valence electrons. The number of likely N-dealkylation sites (tertiary alicyclic amines) is 1. The fourth-order valence-electron chi connectivity index (χ4n) is 3.02. The quantitative estimate of drug-likeness (QED) is 0.741. The van der Waals surface area contributed by atoms with E-state index in [1.807, 2.05) is 4.90 Å². The van der Waals surface area contributed by atoms with E-state index in [-0.39, 0.29) is 17.7 Å². The highest BCUT2D eigenvalue weighted by Crippen LogP contribution is 2.24. The summed E-state index contributed by atoms with van der Waals surface area (Å²) in [4.78, 5) is 25.2. The first-order valence-corrected chi connectivity index (χ1v) is 6.85. The molecule has 2 heterocycles. The summed E-state index contributed by atoms with van der Waals surface area (Å²) >= 11 is 0. The lowest BCUT2D eigenvalue weighted by molar-refractivity contribution is -0.137. The second-order valence-electron chi connectivity index (χ2n) is 5.68. The van der Waals surface area contributed by atoms with Crippen LogP contribution < -0.4 is 11.1 Å². The Morgan fingerprint density at radius 3 is 2.44 bits per heavy atom. The lowest BCUT2D eigenvalue weighted by atomic mass is 9.91. The molecule has 0 spiro atoms.